The maximum atomic E-state index is 12.3. The van der Waals surface area contributed by atoms with E-state index in [-0.39, 0.29) is 25.7 Å². The molecule has 1 atom stereocenters. The molecular formula is C23H32ClN5O4. The summed E-state index contributed by atoms with van der Waals surface area (Å²) in [6.45, 7) is 8.60. The quantitative estimate of drug-likeness (QED) is 0.289. The van der Waals surface area contributed by atoms with Crippen molar-refractivity contribution in [2.45, 2.75) is 58.7 Å². The molecule has 1 aliphatic heterocycles. The van der Waals surface area contributed by atoms with Gasteiger partial charge in [-0.3, -0.25) is 4.79 Å². The third-order valence-electron chi connectivity index (χ3n) is 4.80. The number of aliphatic imine (C=N–C) groups is 1. The van der Waals surface area contributed by atoms with Crippen molar-refractivity contribution in [1.82, 2.24) is 15.1 Å². The third kappa shape index (κ3) is 8.81. The van der Waals surface area contributed by atoms with Crippen LogP contribution in [0.25, 0.3) is 0 Å². The molecule has 0 spiro atoms. The van der Waals surface area contributed by atoms with Gasteiger partial charge in [0.1, 0.15) is 12.1 Å². The van der Waals surface area contributed by atoms with Crippen LogP contribution in [0.4, 0.5) is 4.79 Å². The minimum atomic E-state index is -0.600. The van der Waals surface area contributed by atoms with Gasteiger partial charge in [-0.05, 0) is 52.2 Å². The fourth-order valence-corrected chi connectivity index (χ4v) is 3.72. The number of ether oxygens (including phenoxy) is 2. The van der Waals surface area contributed by atoms with Gasteiger partial charge >= 0.3 is 12.1 Å². The number of likely N-dealkylation sites (tertiary alicyclic amines) is 1. The number of guanidine groups is 1. The summed E-state index contributed by atoms with van der Waals surface area (Å²) >= 11 is 6.34. The number of benzene rings is 1. The minimum absolute atomic E-state index is 0.0970. The highest BCUT2D eigenvalue weighted by atomic mass is 35.5. The Hall–Kier alpha value is -2.99. The van der Waals surface area contributed by atoms with Gasteiger partial charge in [0.2, 0.25) is 12.2 Å². The first-order valence-electron chi connectivity index (χ1n) is 11.0. The van der Waals surface area contributed by atoms with Crippen molar-refractivity contribution in [2.75, 3.05) is 26.2 Å². The Bertz CT molecular complexity index is 894. The number of carbonyl (C=O) groups is 2. The Morgan fingerprint density at radius 1 is 1.36 bits per heavy atom. The Morgan fingerprint density at radius 3 is 2.73 bits per heavy atom. The van der Waals surface area contributed by atoms with Crippen molar-refractivity contribution >= 4 is 29.6 Å². The van der Waals surface area contributed by atoms with Gasteiger partial charge < -0.3 is 24.6 Å². The van der Waals surface area contributed by atoms with Crippen LogP contribution in [0, 0.1) is 11.5 Å². The highest BCUT2D eigenvalue weighted by Gasteiger charge is 2.29. The summed E-state index contributed by atoms with van der Waals surface area (Å²) in [7, 11) is 0. The molecule has 10 heteroatoms. The normalized spacial score (nSPS) is 16.5. The smallest absolute Gasteiger partial charge is 0.407 e. The molecule has 1 aliphatic rings. The number of amides is 1. The summed E-state index contributed by atoms with van der Waals surface area (Å²) in [5.74, 6) is -0.100. The predicted molar refractivity (Wildman–Crippen MR) is 126 cm³/mol. The lowest BCUT2D eigenvalue weighted by Gasteiger charge is -2.38. The highest BCUT2D eigenvalue weighted by molar-refractivity contribution is 6.31. The number of piperidine rings is 1. The van der Waals surface area contributed by atoms with Crippen LogP contribution >= 0.6 is 11.6 Å². The summed E-state index contributed by atoms with van der Waals surface area (Å²) in [6.07, 6.45) is 2.88. The van der Waals surface area contributed by atoms with Crippen LogP contribution in [0.2, 0.25) is 5.02 Å². The van der Waals surface area contributed by atoms with Crippen molar-refractivity contribution in [3.05, 3.63) is 34.9 Å². The number of nitriles is 1. The van der Waals surface area contributed by atoms with Crippen LogP contribution in [-0.4, -0.2) is 65.7 Å². The molecular weight excluding hydrogens is 446 g/mol. The van der Waals surface area contributed by atoms with Gasteiger partial charge in [-0.25, -0.2) is 4.79 Å². The summed E-state index contributed by atoms with van der Waals surface area (Å²) in [4.78, 5) is 32.2. The van der Waals surface area contributed by atoms with Gasteiger partial charge in [-0.15, -0.1) is 4.99 Å². The molecule has 1 fully saturated rings. The fourth-order valence-electron chi connectivity index (χ4n) is 3.53. The van der Waals surface area contributed by atoms with Gasteiger partial charge in [-0.1, -0.05) is 29.8 Å². The molecule has 0 aliphatic carbocycles. The topological polar surface area (TPSA) is 107 Å². The average molecular weight is 478 g/mol. The molecule has 33 heavy (non-hydrogen) atoms. The van der Waals surface area contributed by atoms with Gasteiger partial charge in [-0.2, -0.15) is 5.26 Å². The van der Waals surface area contributed by atoms with E-state index in [9.17, 15) is 14.9 Å². The number of halogens is 1. The second kappa shape index (κ2) is 12.3. The average Bonchev–Trinajstić information content (AvgIpc) is 2.72. The van der Waals surface area contributed by atoms with E-state index in [0.717, 1.165) is 18.4 Å². The molecule has 1 N–H and O–H groups in total. The largest absolute Gasteiger partial charge is 0.465 e. The standard InChI is InChI=1S/C23H32ClN5O4/c1-5-32-20(30)15-29(13-17-9-6-7-11-19(17)24)21(26-16-25)28-12-8-10-18(14-28)27-22(31)33-23(2,3)4/h6-7,9,11,18H,5,8,10,12-15H2,1-4H3,(H,27,31)/b26-21-/t18-/m1/s1. The van der Waals surface area contributed by atoms with Crippen LogP contribution < -0.4 is 5.32 Å². The first kappa shape index (κ1) is 26.3. The summed E-state index contributed by atoms with van der Waals surface area (Å²) in [6, 6.07) is 7.10. The monoisotopic (exact) mass is 477 g/mol. The molecule has 9 nitrogen and oxygen atoms in total. The number of carbonyl (C=O) groups excluding carboxylic acids is 2. The van der Waals surface area contributed by atoms with Gasteiger partial charge in [0.05, 0.1) is 6.61 Å². The van der Waals surface area contributed by atoms with Gasteiger partial charge in [0.15, 0.2) is 0 Å². The number of esters is 1. The predicted octanol–water partition coefficient (Wildman–Crippen LogP) is 3.53. The van der Waals surface area contributed by atoms with Crippen LogP contribution in [0.15, 0.2) is 29.3 Å². The zero-order chi connectivity index (χ0) is 24.4. The SMILES string of the molecule is CCOC(=O)CN(Cc1ccccc1Cl)/C(=N\C#N)N1CCC[C@@H](NC(=O)OC(C)(C)C)C1. The lowest BCUT2D eigenvalue weighted by molar-refractivity contribution is -0.143. The van der Waals surface area contributed by atoms with Crippen molar-refractivity contribution in [1.29, 1.82) is 5.26 Å². The van der Waals surface area contributed by atoms with Crippen LogP contribution in [-0.2, 0) is 20.8 Å². The second-order valence-electron chi connectivity index (χ2n) is 8.70. The first-order valence-corrected chi connectivity index (χ1v) is 11.4. The molecule has 1 amide bonds. The van der Waals surface area contributed by atoms with Crippen molar-refractivity contribution in [3.63, 3.8) is 0 Å². The molecule has 0 saturated carbocycles. The van der Waals surface area contributed by atoms with Gasteiger partial charge in [0.25, 0.3) is 0 Å². The molecule has 0 unspecified atom stereocenters. The number of hydrogen-bond donors (Lipinski definition) is 1. The van der Waals surface area contributed by atoms with Crippen molar-refractivity contribution in [3.8, 4) is 6.19 Å². The maximum Gasteiger partial charge on any atom is 0.407 e. The number of nitrogens with one attached hydrogen (secondary N) is 1. The molecule has 1 aromatic carbocycles. The Labute approximate surface area is 200 Å². The zero-order valence-corrected chi connectivity index (χ0v) is 20.4. The first-order chi connectivity index (χ1) is 15.6. The van der Waals surface area contributed by atoms with Crippen molar-refractivity contribution in [2.24, 2.45) is 4.99 Å². The summed E-state index contributed by atoms with van der Waals surface area (Å²) in [5.41, 5.74) is 0.187. The van der Waals surface area contributed by atoms with E-state index in [0.29, 0.717) is 24.1 Å². The number of rotatable bonds is 6. The molecule has 1 saturated heterocycles. The molecule has 2 rings (SSSR count). The van der Waals surface area contributed by atoms with E-state index in [1.807, 2.05) is 29.3 Å². The molecule has 0 bridgehead atoms. The number of hydrogen-bond acceptors (Lipinski definition) is 6. The summed E-state index contributed by atoms with van der Waals surface area (Å²) in [5, 5.41) is 12.8. The van der Waals surface area contributed by atoms with E-state index in [2.05, 4.69) is 10.3 Å². The van der Waals surface area contributed by atoms with Crippen LogP contribution in [0.1, 0.15) is 46.1 Å². The van der Waals surface area contributed by atoms with E-state index in [4.69, 9.17) is 21.1 Å². The minimum Gasteiger partial charge on any atom is -0.465 e. The van der Waals surface area contributed by atoms with Crippen LogP contribution in [0.3, 0.4) is 0 Å². The van der Waals surface area contributed by atoms with Crippen molar-refractivity contribution < 1.29 is 19.1 Å². The fraction of sp³-hybridized carbons (Fsp3) is 0.565. The molecule has 1 heterocycles. The Kier molecular flexibility index (Phi) is 9.79. The lowest BCUT2D eigenvalue weighted by Crippen LogP contribution is -2.54. The van der Waals surface area contributed by atoms with E-state index < -0.39 is 17.7 Å². The Morgan fingerprint density at radius 2 is 2.09 bits per heavy atom. The molecule has 0 aromatic heterocycles. The van der Waals surface area contributed by atoms with Crippen LogP contribution in [0.5, 0.6) is 0 Å². The lowest BCUT2D eigenvalue weighted by atomic mass is 10.1. The molecule has 0 radical (unpaired) electrons. The highest BCUT2D eigenvalue weighted by Crippen LogP contribution is 2.20. The molecule has 1 aromatic rings. The second-order valence-corrected chi connectivity index (χ2v) is 9.10. The number of nitrogens with zero attached hydrogens (tertiary/aromatic N) is 4. The van der Waals surface area contributed by atoms with E-state index in [1.54, 1.807) is 38.7 Å². The maximum absolute atomic E-state index is 12.3. The third-order valence-corrected chi connectivity index (χ3v) is 5.17. The number of alkyl carbamates (subject to hydrolysis) is 1. The Balaban J connectivity index is 2.23. The molecule has 180 valence electrons. The van der Waals surface area contributed by atoms with Gasteiger partial charge in [0, 0.05) is 30.7 Å². The zero-order valence-electron chi connectivity index (χ0n) is 19.6. The van der Waals surface area contributed by atoms with E-state index >= 15 is 0 Å². The van der Waals surface area contributed by atoms with E-state index in [1.165, 1.54) is 0 Å². The summed E-state index contributed by atoms with van der Waals surface area (Å²) < 4.78 is 10.5.